The van der Waals surface area contributed by atoms with Crippen molar-refractivity contribution in [2.75, 3.05) is 7.05 Å². The van der Waals surface area contributed by atoms with Crippen LogP contribution in [0.4, 0.5) is 0 Å². The quantitative estimate of drug-likeness (QED) is 0.171. The number of hydrogen-bond acceptors (Lipinski definition) is 5. The molecule has 0 bridgehead atoms. The summed E-state index contributed by atoms with van der Waals surface area (Å²) < 4.78 is 12.7. The maximum atomic E-state index is 12.6. The number of hydrogen-bond donors (Lipinski definition) is 3. The van der Waals surface area contributed by atoms with Crippen LogP contribution < -0.4 is 12.4 Å². The molecule has 1 unspecified atom stereocenters. The van der Waals surface area contributed by atoms with E-state index in [-0.39, 0.29) is 15.2 Å². The van der Waals surface area contributed by atoms with Crippen molar-refractivity contribution in [1.82, 2.24) is 12.4 Å². The van der Waals surface area contributed by atoms with Crippen LogP contribution >= 0.6 is 20.4 Å². The molecule has 1 atom stereocenters. The fourth-order valence-electron chi connectivity index (χ4n) is 2.86. The van der Waals surface area contributed by atoms with Gasteiger partial charge in [0.1, 0.15) is 0 Å². The Kier molecular flexibility index (Phi) is 2.93. The normalized spacial score (nSPS) is 31.4. The number of carbonyl (C=O) groups is 1. The molecular formula is C12H22IN3O2. The number of fused-ring (bicyclic) bond motifs is 1. The monoisotopic (exact) mass is 367 g/mol. The van der Waals surface area contributed by atoms with E-state index in [0.29, 0.717) is 0 Å². The van der Waals surface area contributed by atoms with Crippen molar-refractivity contribution in [3.8, 4) is 0 Å². The molecule has 0 aromatic carbocycles. The predicted octanol–water partition coefficient (Wildman–Crippen LogP) is 1.43. The van der Waals surface area contributed by atoms with Gasteiger partial charge >= 0.3 is 116 Å². The molecule has 0 spiro atoms. The van der Waals surface area contributed by atoms with Crippen LogP contribution in [0.3, 0.4) is 0 Å². The third-order valence-corrected chi connectivity index (χ3v) is 9.58. The van der Waals surface area contributed by atoms with Crippen molar-refractivity contribution in [3.05, 3.63) is 0 Å². The second-order valence-electron chi connectivity index (χ2n) is 5.64. The van der Waals surface area contributed by atoms with Gasteiger partial charge in [-0.05, 0) is 0 Å². The SMILES string of the molecule is CCC1(OC(=O)C(C)(NC)C23NI2N3)CCCC1. The Morgan fingerprint density at radius 3 is 2.39 bits per heavy atom. The summed E-state index contributed by atoms with van der Waals surface area (Å²) >= 11 is -1.16. The molecule has 0 radical (unpaired) electrons. The second-order valence-corrected chi connectivity index (χ2v) is 9.95. The summed E-state index contributed by atoms with van der Waals surface area (Å²) in [7, 11) is 1.84. The third-order valence-electron chi connectivity index (χ3n) is 4.73. The molecule has 5 nitrogen and oxygen atoms in total. The Balaban J connectivity index is 1.73. The van der Waals surface area contributed by atoms with E-state index in [0.717, 1.165) is 19.3 Å². The van der Waals surface area contributed by atoms with Crippen LogP contribution in [0.1, 0.15) is 46.0 Å². The van der Waals surface area contributed by atoms with Crippen molar-refractivity contribution in [2.24, 2.45) is 0 Å². The zero-order chi connectivity index (χ0) is 13.0. The van der Waals surface area contributed by atoms with Gasteiger partial charge in [0.15, 0.2) is 0 Å². The average molecular weight is 367 g/mol. The van der Waals surface area contributed by atoms with E-state index in [9.17, 15) is 4.79 Å². The van der Waals surface area contributed by atoms with Gasteiger partial charge in [-0.25, -0.2) is 0 Å². The molecule has 0 aromatic rings. The number of esters is 1. The van der Waals surface area contributed by atoms with Crippen LogP contribution in [0.5, 0.6) is 0 Å². The number of alkyl halides is 1. The molecule has 2 saturated heterocycles. The molecule has 3 aliphatic rings. The van der Waals surface area contributed by atoms with Crippen LogP contribution in [0.25, 0.3) is 0 Å². The fraction of sp³-hybridized carbons (Fsp3) is 0.917. The van der Waals surface area contributed by atoms with Gasteiger partial charge in [0.25, 0.3) is 0 Å². The summed E-state index contributed by atoms with van der Waals surface area (Å²) in [6.07, 6.45) is 5.32. The van der Waals surface area contributed by atoms with Crippen molar-refractivity contribution >= 4 is 26.3 Å². The number of ether oxygens (including phenoxy) is 1. The minimum atomic E-state index is -1.16. The second kappa shape index (κ2) is 4.04. The number of halogens is 1. The Labute approximate surface area is 116 Å². The summed E-state index contributed by atoms with van der Waals surface area (Å²) in [5.74, 6) is -0.0916. The molecule has 3 rings (SSSR count). The minimum absolute atomic E-state index is 0.0916. The van der Waals surface area contributed by atoms with Crippen molar-refractivity contribution in [3.63, 3.8) is 0 Å². The Bertz CT molecular complexity index is 378. The van der Waals surface area contributed by atoms with Crippen molar-refractivity contribution in [2.45, 2.75) is 60.8 Å². The van der Waals surface area contributed by atoms with E-state index in [1.54, 1.807) is 0 Å². The summed E-state index contributed by atoms with van der Waals surface area (Å²) in [4.78, 5) is 12.6. The fourth-order valence-corrected chi connectivity index (χ4v) is 8.16. The molecule has 0 aromatic heterocycles. The van der Waals surface area contributed by atoms with Crippen LogP contribution in [-0.4, -0.2) is 27.8 Å². The predicted molar refractivity (Wildman–Crippen MR) is 78.1 cm³/mol. The van der Waals surface area contributed by atoms with E-state index in [1.807, 2.05) is 14.0 Å². The van der Waals surface area contributed by atoms with Gasteiger partial charge in [-0.15, -0.1) is 0 Å². The Morgan fingerprint density at radius 1 is 1.44 bits per heavy atom. The van der Waals surface area contributed by atoms with Gasteiger partial charge in [0, 0.05) is 0 Å². The first-order valence-corrected chi connectivity index (χ1v) is 9.93. The molecule has 3 fully saturated rings. The van der Waals surface area contributed by atoms with Gasteiger partial charge in [0.05, 0.1) is 0 Å². The summed E-state index contributed by atoms with van der Waals surface area (Å²) in [6, 6.07) is 0. The molecule has 0 amide bonds. The first-order valence-electron chi connectivity index (χ1n) is 6.70. The molecule has 104 valence electrons. The van der Waals surface area contributed by atoms with E-state index in [4.69, 9.17) is 4.74 Å². The molecule has 3 N–H and O–H groups in total. The van der Waals surface area contributed by atoms with E-state index < -0.39 is 25.9 Å². The summed E-state index contributed by atoms with van der Waals surface area (Å²) in [5, 5.41) is 3.18. The molecule has 2 aliphatic heterocycles. The molecule has 6 heteroatoms. The average Bonchev–Trinajstić information content (AvgIpc) is 3.18. The van der Waals surface area contributed by atoms with Gasteiger partial charge < -0.3 is 0 Å². The van der Waals surface area contributed by atoms with Crippen LogP contribution in [-0.2, 0) is 9.53 Å². The summed E-state index contributed by atoms with van der Waals surface area (Å²) in [6.45, 7) is 4.08. The van der Waals surface area contributed by atoms with E-state index in [2.05, 4.69) is 19.3 Å². The topological polar surface area (TPSA) is 82.2 Å². The molecule has 1 aliphatic carbocycles. The number of nitrogens with one attached hydrogen (secondary N) is 3. The standard InChI is InChI=1S/C12H22IN3O2/c1-4-11(7-5-6-8-11)18-9(17)10(2,14-3)12-13(15-12)16-12/h14-16H,4-8H2,1-3H3. The Morgan fingerprint density at radius 2 is 2.00 bits per heavy atom. The van der Waals surface area contributed by atoms with E-state index >= 15 is 0 Å². The molecular weight excluding hydrogens is 345 g/mol. The maximum absolute atomic E-state index is 12.6. The number of rotatable bonds is 5. The van der Waals surface area contributed by atoms with Crippen LogP contribution in [0.15, 0.2) is 0 Å². The third kappa shape index (κ3) is 1.65. The molecule has 1 saturated carbocycles. The van der Waals surface area contributed by atoms with Crippen molar-refractivity contribution in [1.29, 1.82) is 0 Å². The molecule has 18 heavy (non-hydrogen) atoms. The van der Waals surface area contributed by atoms with E-state index in [1.165, 1.54) is 12.8 Å². The zero-order valence-electron chi connectivity index (χ0n) is 11.2. The molecule has 2 heterocycles. The summed E-state index contributed by atoms with van der Waals surface area (Å²) in [5.41, 5.74) is -0.808. The van der Waals surface area contributed by atoms with Crippen molar-refractivity contribution < 1.29 is 9.53 Å². The zero-order valence-corrected chi connectivity index (χ0v) is 13.4. The van der Waals surface area contributed by atoms with Gasteiger partial charge in [-0.3, -0.25) is 0 Å². The van der Waals surface area contributed by atoms with Crippen LogP contribution in [0, 0.1) is 0 Å². The van der Waals surface area contributed by atoms with Gasteiger partial charge in [-0.1, -0.05) is 0 Å². The first kappa shape index (κ1) is 13.1. The Hall–Kier alpha value is 0.0800. The number of carbonyl (C=O) groups excluding carboxylic acids is 1. The first-order chi connectivity index (χ1) is 8.52. The van der Waals surface area contributed by atoms with Gasteiger partial charge in [-0.2, -0.15) is 0 Å². The number of likely N-dealkylation sites (N-methyl/N-ethyl adjacent to an activating group) is 1. The van der Waals surface area contributed by atoms with Gasteiger partial charge in [0.2, 0.25) is 0 Å². The van der Waals surface area contributed by atoms with Crippen LogP contribution in [0.2, 0.25) is 0 Å².